The Morgan fingerprint density at radius 3 is 3.06 bits per heavy atom. The van der Waals surface area contributed by atoms with Crippen LogP contribution in [-0.2, 0) is 6.54 Å². The number of hydrogen-bond donors (Lipinski definition) is 2. The van der Waals surface area contributed by atoms with Crippen molar-refractivity contribution in [3.05, 3.63) is 44.4 Å². The fourth-order valence-electron chi connectivity index (χ4n) is 1.71. The minimum atomic E-state index is -0.0618. The first kappa shape index (κ1) is 13.2. The molecule has 96 valence electrons. The molecule has 0 amide bonds. The lowest BCUT2D eigenvalue weighted by atomic mass is 10.2. The molecule has 0 aromatic carbocycles. The largest absolute Gasteiger partial charge is 0.395 e. The third kappa shape index (κ3) is 2.60. The van der Waals surface area contributed by atoms with E-state index >= 15 is 0 Å². The van der Waals surface area contributed by atoms with Gasteiger partial charge in [-0.15, -0.1) is 0 Å². The number of rotatable bonds is 4. The number of nitrogens with zero attached hydrogens (tertiary/aromatic N) is 2. The van der Waals surface area contributed by atoms with E-state index in [4.69, 9.17) is 5.11 Å². The molecule has 0 fully saturated rings. The van der Waals surface area contributed by atoms with E-state index in [9.17, 15) is 4.79 Å². The zero-order valence-electron chi connectivity index (χ0n) is 9.98. The Morgan fingerprint density at radius 1 is 1.56 bits per heavy atom. The van der Waals surface area contributed by atoms with Crippen molar-refractivity contribution in [2.24, 2.45) is 0 Å². The molecule has 0 saturated carbocycles. The van der Waals surface area contributed by atoms with E-state index in [1.165, 1.54) is 4.40 Å². The number of aliphatic hydroxyl groups excluding tert-OH is 1. The van der Waals surface area contributed by atoms with Crippen LogP contribution in [0.2, 0.25) is 0 Å². The molecule has 0 atom stereocenters. The molecule has 0 unspecified atom stereocenters. The van der Waals surface area contributed by atoms with Crippen molar-refractivity contribution in [3.63, 3.8) is 0 Å². The summed E-state index contributed by atoms with van der Waals surface area (Å²) in [7, 11) is 0. The van der Waals surface area contributed by atoms with Crippen LogP contribution in [0.15, 0.2) is 27.6 Å². The van der Waals surface area contributed by atoms with Crippen LogP contribution < -0.4 is 10.9 Å². The maximum absolute atomic E-state index is 12.1. The van der Waals surface area contributed by atoms with Crippen molar-refractivity contribution in [2.45, 2.75) is 13.5 Å². The maximum Gasteiger partial charge on any atom is 0.261 e. The van der Waals surface area contributed by atoms with Gasteiger partial charge in [-0.1, -0.05) is 15.9 Å². The van der Waals surface area contributed by atoms with E-state index in [0.717, 1.165) is 4.47 Å². The van der Waals surface area contributed by atoms with Crippen LogP contribution in [-0.4, -0.2) is 27.6 Å². The highest BCUT2D eigenvalue weighted by atomic mass is 79.9. The molecule has 6 heteroatoms. The number of pyridine rings is 1. The second-order valence-electron chi connectivity index (χ2n) is 3.96. The Bertz CT molecular complexity index is 624. The number of aliphatic hydroxyl groups is 1. The minimum Gasteiger partial charge on any atom is -0.395 e. The van der Waals surface area contributed by atoms with Gasteiger partial charge in [0.25, 0.3) is 5.56 Å². The number of hydrogen-bond acceptors (Lipinski definition) is 4. The lowest BCUT2D eigenvalue weighted by Gasteiger charge is -2.08. The number of nitrogens with one attached hydrogen (secondary N) is 1. The van der Waals surface area contributed by atoms with Gasteiger partial charge in [-0.05, 0) is 19.1 Å². The van der Waals surface area contributed by atoms with E-state index in [1.54, 1.807) is 25.3 Å². The van der Waals surface area contributed by atoms with Crippen LogP contribution in [0.25, 0.3) is 5.65 Å². The Kier molecular flexibility index (Phi) is 4.11. The van der Waals surface area contributed by atoms with E-state index in [1.807, 2.05) is 0 Å². The Balaban J connectivity index is 2.48. The summed E-state index contributed by atoms with van der Waals surface area (Å²) in [6.45, 7) is 2.79. The quantitative estimate of drug-likeness (QED) is 0.822. The van der Waals surface area contributed by atoms with Crippen molar-refractivity contribution in [3.8, 4) is 0 Å². The van der Waals surface area contributed by atoms with Gasteiger partial charge in [0, 0.05) is 29.3 Å². The van der Waals surface area contributed by atoms with E-state index in [-0.39, 0.29) is 12.2 Å². The normalized spacial score (nSPS) is 11.1. The number of halogens is 1. The van der Waals surface area contributed by atoms with Gasteiger partial charge in [-0.25, -0.2) is 4.98 Å². The summed E-state index contributed by atoms with van der Waals surface area (Å²) in [5.74, 6) is 0. The zero-order chi connectivity index (χ0) is 13.1. The molecule has 5 nitrogen and oxygen atoms in total. The minimum absolute atomic E-state index is 0.0618. The van der Waals surface area contributed by atoms with Crippen LogP contribution >= 0.6 is 15.9 Å². The summed E-state index contributed by atoms with van der Waals surface area (Å²) in [5, 5.41) is 11.7. The molecule has 2 N–H and O–H groups in total. The van der Waals surface area contributed by atoms with Gasteiger partial charge in [0.2, 0.25) is 0 Å². The smallest absolute Gasteiger partial charge is 0.261 e. The first-order valence-electron chi connectivity index (χ1n) is 5.62. The maximum atomic E-state index is 12.1. The van der Waals surface area contributed by atoms with Gasteiger partial charge in [-0.2, -0.15) is 0 Å². The molecular formula is C12H14BrN3O2. The molecule has 2 rings (SSSR count). The highest BCUT2D eigenvalue weighted by molar-refractivity contribution is 9.10. The van der Waals surface area contributed by atoms with Crippen molar-refractivity contribution < 1.29 is 5.11 Å². The second kappa shape index (κ2) is 5.60. The average molecular weight is 312 g/mol. The molecular weight excluding hydrogens is 298 g/mol. The van der Waals surface area contributed by atoms with E-state index in [0.29, 0.717) is 30.0 Å². The molecule has 0 radical (unpaired) electrons. The van der Waals surface area contributed by atoms with Crippen LogP contribution in [0.1, 0.15) is 11.3 Å². The van der Waals surface area contributed by atoms with Crippen molar-refractivity contribution in [2.75, 3.05) is 13.2 Å². The average Bonchev–Trinajstić information content (AvgIpc) is 2.35. The molecule has 2 heterocycles. The highest BCUT2D eigenvalue weighted by Gasteiger charge is 2.08. The van der Waals surface area contributed by atoms with Gasteiger partial charge in [0.15, 0.2) is 0 Å². The third-order valence-corrected chi connectivity index (χ3v) is 3.19. The molecule has 2 aromatic heterocycles. The lowest BCUT2D eigenvalue weighted by molar-refractivity contribution is 0.291. The fraction of sp³-hybridized carbons (Fsp3) is 0.333. The van der Waals surface area contributed by atoms with E-state index < -0.39 is 0 Å². The molecule has 0 saturated heterocycles. The highest BCUT2D eigenvalue weighted by Crippen LogP contribution is 2.11. The topological polar surface area (TPSA) is 66.6 Å². The molecule has 0 aliphatic carbocycles. The summed E-state index contributed by atoms with van der Waals surface area (Å²) >= 11 is 3.36. The molecule has 0 bridgehead atoms. The molecule has 0 spiro atoms. The Hall–Kier alpha value is -1.24. The first-order valence-corrected chi connectivity index (χ1v) is 6.41. The van der Waals surface area contributed by atoms with Gasteiger partial charge in [0.05, 0.1) is 12.3 Å². The van der Waals surface area contributed by atoms with Gasteiger partial charge in [-0.3, -0.25) is 9.20 Å². The third-order valence-electron chi connectivity index (χ3n) is 2.70. The van der Waals surface area contributed by atoms with Crippen LogP contribution in [0.3, 0.4) is 0 Å². The summed E-state index contributed by atoms with van der Waals surface area (Å²) in [5.41, 5.74) is 1.89. The second-order valence-corrected chi connectivity index (χ2v) is 4.88. The van der Waals surface area contributed by atoms with Gasteiger partial charge >= 0.3 is 0 Å². The summed E-state index contributed by atoms with van der Waals surface area (Å²) in [4.78, 5) is 16.6. The fourth-order valence-corrected chi connectivity index (χ4v) is 2.03. The lowest BCUT2D eigenvalue weighted by Crippen LogP contribution is -2.25. The van der Waals surface area contributed by atoms with Crippen molar-refractivity contribution in [1.82, 2.24) is 14.7 Å². The monoisotopic (exact) mass is 311 g/mol. The van der Waals surface area contributed by atoms with Crippen LogP contribution in [0.4, 0.5) is 0 Å². The van der Waals surface area contributed by atoms with Crippen LogP contribution in [0, 0.1) is 6.92 Å². The SMILES string of the molecule is Cc1c(CNCCO)nc2cc(Br)ccn2c1=O. The summed E-state index contributed by atoms with van der Waals surface area (Å²) < 4.78 is 2.41. The van der Waals surface area contributed by atoms with Crippen molar-refractivity contribution in [1.29, 1.82) is 0 Å². The molecule has 18 heavy (non-hydrogen) atoms. The predicted molar refractivity (Wildman–Crippen MR) is 72.7 cm³/mol. The van der Waals surface area contributed by atoms with Crippen molar-refractivity contribution >= 4 is 21.6 Å². The van der Waals surface area contributed by atoms with Gasteiger partial charge < -0.3 is 10.4 Å². The Morgan fingerprint density at radius 2 is 2.33 bits per heavy atom. The summed E-state index contributed by atoms with van der Waals surface area (Å²) in [6.07, 6.45) is 1.70. The van der Waals surface area contributed by atoms with Crippen LogP contribution in [0.5, 0.6) is 0 Å². The number of aromatic nitrogens is 2. The summed E-state index contributed by atoms with van der Waals surface area (Å²) in [6, 6.07) is 3.61. The van der Waals surface area contributed by atoms with Gasteiger partial charge in [0.1, 0.15) is 5.65 Å². The molecule has 0 aliphatic heterocycles. The Labute approximate surface area is 113 Å². The number of fused-ring (bicyclic) bond motifs is 1. The molecule has 0 aliphatic rings. The molecule has 2 aromatic rings. The first-order chi connectivity index (χ1) is 8.63. The van der Waals surface area contributed by atoms with E-state index in [2.05, 4.69) is 26.2 Å². The zero-order valence-corrected chi connectivity index (χ0v) is 11.6. The standard InChI is InChI=1S/C12H14BrN3O2/c1-8-10(7-14-3-5-17)15-11-6-9(13)2-4-16(11)12(8)18/h2,4,6,14,17H,3,5,7H2,1H3. The predicted octanol–water partition coefficient (Wildman–Crippen LogP) is 0.847.